The van der Waals surface area contributed by atoms with Crippen LogP contribution < -0.4 is 0 Å². The Morgan fingerprint density at radius 1 is 0.625 bits per heavy atom. The summed E-state index contributed by atoms with van der Waals surface area (Å²) in [6.07, 6.45) is -0.0632. The Balaban J connectivity index is 2.13. The van der Waals surface area contributed by atoms with E-state index >= 15 is 0 Å². The number of rotatable bonds is 4. The summed E-state index contributed by atoms with van der Waals surface area (Å²) in [5, 5.41) is 24.2. The molecule has 4 aromatic carbocycles. The largest absolute Gasteiger partial charge is 0.481 e. The zero-order chi connectivity index (χ0) is 16.8. The predicted molar refractivity (Wildman–Crippen MR) is 92.8 cm³/mol. The first-order valence-electron chi connectivity index (χ1n) is 7.66. The minimum atomic E-state index is -0.864. The summed E-state index contributed by atoms with van der Waals surface area (Å²) >= 11 is 0. The number of carbonyl (C=O) groups is 2. The molecular weight excluding hydrogens is 304 g/mol. The van der Waals surface area contributed by atoms with E-state index in [0.29, 0.717) is 0 Å². The normalized spacial score (nSPS) is 11.5. The van der Waals surface area contributed by atoms with Crippen LogP contribution in [-0.2, 0) is 22.4 Å². The fraction of sp³-hybridized carbons (Fsp3) is 0.100. The van der Waals surface area contributed by atoms with Crippen LogP contribution in [0.25, 0.3) is 32.3 Å². The minimum absolute atomic E-state index is 0.0316. The van der Waals surface area contributed by atoms with Gasteiger partial charge in [0.15, 0.2) is 0 Å². The fourth-order valence-electron chi connectivity index (χ4n) is 3.56. The van der Waals surface area contributed by atoms with Crippen molar-refractivity contribution in [3.8, 4) is 0 Å². The molecule has 0 radical (unpaired) electrons. The lowest BCUT2D eigenvalue weighted by Gasteiger charge is -2.15. The summed E-state index contributed by atoms with van der Waals surface area (Å²) in [6.45, 7) is 0. The van der Waals surface area contributed by atoms with E-state index in [2.05, 4.69) is 0 Å². The van der Waals surface area contributed by atoms with Gasteiger partial charge in [-0.1, -0.05) is 48.5 Å². The van der Waals surface area contributed by atoms with Crippen molar-refractivity contribution in [1.29, 1.82) is 0 Å². The maximum atomic E-state index is 11.1. The van der Waals surface area contributed by atoms with Crippen molar-refractivity contribution < 1.29 is 19.8 Å². The Bertz CT molecular complexity index is 1020. The molecule has 118 valence electrons. The number of carboxylic acid groups (broad SMARTS) is 2. The summed E-state index contributed by atoms with van der Waals surface area (Å²) in [4.78, 5) is 22.3. The van der Waals surface area contributed by atoms with Crippen LogP contribution in [0.5, 0.6) is 0 Å². The van der Waals surface area contributed by atoms with Crippen LogP contribution in [0.3, 0.4) is 0 Å². The first-order valence-corrected chi connectivity index (χ1v) is 7.66. The third kappa shape index (κ3) is 2.15. The van der Waals surface area contributed by atoms with Gasteiger partial charge < -0.3 is 10.2 Å². The standard InChI is InChI=1S/C20H14O4/c21-17(22)9-13-3-1-11-5-7-16-14(10-18(23)24)4-2-12-6-8-15(13)19(11)20(12)16/h1-8H,9-10H2,(H,21,22)(H,23,24). The Hall–Kier alpha value is -3.14. The molecule has 0 saturated carbocycles. The van der Waals surface area contributed by atoms with Gasteiger partial charge in [0.1, 0.15) is 0 Å². The minimum Gasteiger partial charge on any atom is -0.481 e. The number of hydrogen-bond acceptors (Lipinski definition) is 2. The summed E-state index contributed by atoms with van der Waals surface area (Å²) in [5.74, 6) is -1.73. The van der Waals surface area contributed by atoms with Gasteiger partial charge in [-0.05, 0) is 43.4 Å². The summed E-state index contributed by atoms with van der Waals surface area (Å²) in [5.41, 5.74) is 1.54. The van der Waals surface area contributed by atoms with Gasteiger partial charge in [-0.3, -0.25) is 9.59 Å². The monoisotopic (exact) mass is 318 g/mol. The summed E-state index contributed by atoms with van der Waals surface area (Å²) < 4.78 is 0. The molecule has 4 rings (SSSR count). The third-order valence-corrected chi connectivity index (χ3v) is 4.53. The van der Waals surface area contributed by atoms with Crippen molar-refractivity contribution in [3.63, 3.8) is 0 Å². The second kappa shape index (κ2) is 5.20. The molecule has 0 amide bonds. The smallest absolute Gasteiger partial charge is 0.307 e. The topological polar surface area (TPSA) is 74.6 Å². The van der Waals surface area contributed by atoms with Gasteiger partial charge in [-0.25, -0.2) is 0 Å². The van der Waals surface area contributed by atoms with Gasteiger partial charge in [0.2, 0.25) is 0 Å². The molecule has 0 fully saturated rings. The average molecular weight is 318 g/mol. The second-order valence-corrected chi connectivity index (χ2v) is 6.01. The molecule has 0 aliphatic carbocycles. The van der Waals surface area contributed by atoms with Gasteiger partial charge in [-0.15, -0.1) is 0 Å². The van der Waals surface area contributed by atoms with Crippen LogP contribution in [0.1, 0.15) is 11.1 Å². The van der Waals surface area contributed by atoms with Crippen molar-refractivity contribution in [2.75, 3.05) is 0 Å². The van der Waals surface area contributed by atoms with Crippen LogP contribution in [0.4, 0.5) is 0 Å². The van der Waals surface area contributed by atoms with Gasteiger partial charge in [0.05, 0.1) is 12.8 Å². The average Bonchev–Trinajstić information content (AvgIpc) is 2.54. The SMILES string of the molecule is O=C(O)Cc1ccc2ccc3c(CC(=O)O)ccc4ccc1c2c43. The maximum Gasteiger partial charge on any atom is 0.307 e. The highest BCUT2D eigenvalue weighted by Crippen LogP contribution is 2.37. The number of hydrogen-bond donors (Lipinski definition) is 2. The van der Waals surface area contributed by atoms with Crippen LogP contribution in [-0.4, -0.2) is 22.2 Å². The van der Waals surface area contributed by atoms with Gasteiger partial charge in [0.25, 0.3) is 0 Å². The van der Waals surface area contributed by atoms with Crippen molar-refractivity contribution in [2.45, 2.75) is 12.8 Å². The number of carboxylic acids is 2. The Labute approximate surface area is 137 Å². The molecule has 0 unspecified atom stereocenters. The molecular formula is C20H14O4. The Morgan fingerprint density at radius 2 is 1.00 bits per heavy atom. The Morgan fingerprint density at radius 3 is 1.38 bits per heavy atom. The zero-order valence-electron chi connectivity index (χ0n) is 12.7. The molecule has 24 heavy (non-hydrogen) atoms. The van der Waals surface area contributed by atoms with Crippen LogP contribution in [0, 0.1) is 0 Å². The van der Waals surface area contributed by atoms with E-state index < -0.39 is 11.9 Å². The predicted octanol–water partition coefficient (Wildman–Crippen LogP) is 3.84. The molecule has 0 aromatic heterocycles. The molecule has 0 bridgehead atoms. The summed E-state index contributed by atoms with van der Waals surface area (Å²) in [6, 6.07) is 15.4. The van der Waals surface area contributed by atoms with Crippen molar-refractivity contribution in [3.05, 3.63) is 59.7 Å². The van der Waals surface area contributed by atoms with E-state index in [4.69, 9.17) is 10.2 Å². The van der Waals surface area contributed by atoms with Crippen molar-refractivity contribution >= 4 is 44.3 Å². The molecule has 4 heteroatoms. The quantitative estimate of drug-likeness (QED) is 0.561. The second-order valence-electron chi connectivity index (χ2n) is 6.01. The number of benzene rings is 4. The third-order valence-electron chi connectivity index (χ3n) is 4.53. The lowest BCUT2D eigenvalue weighted by atomic mass is 9.89. The van der Waals surface area contributed by atoms with E-state index in [1.807, 2.05) is 48.5 Å². The highest BCUT2D eigenvalue weighted by molar-refractivity contribution is 6.24. The van der Waals surface area contributed by atoms with Gasteiger partial charge in [0, 0.05) is 0 Å². The molecule has 0 saturated heterocycles. The van der Waals surface area contributed by atoms with Crippen molar-refractivity contribution in [1.82, 2.24) is 0 Å². The van der Waals surface area contributed by atoms with E-state index in [-0.39, 0.29) is 12.8 Å². The lowest BCUT2D eigenvalue weighted by molar-refractivity contribution is -0.137. The fourth-order valence-corrected chi connectivity index (χ4v) is 3.56. The van der Waals surface area contributed by atoms with Crippen LogP contribution in [0.15, 0.2) is 48.5 Å². The van der Waals surface area contributed by atoms with Crippen molar-refractivity contribution in [2.24, 2.45) is 0 Å². The highest BCUT2D eigenvalue weighted by Gasteiger charge is 2.15. The molecule has 0 aliphatic rings. The van der Waals surface area contributed by atoms with Gasteiger partial charge in [-0.2, -0.15) is 0 Å². The molecule has 4 nitrogen and oxygen atoms in total. The highest BCUT2D eigenvalue weighted by atomic mass is 16.4. The van der Waals surface area contributed by atoms with Crippen LogP contribution in [0.2, 0.25) is 0 Å². The first kappa shape index (κ1) is 14.5. The zero-order valence-corrected chi connectivity index (χ0v) is 12.7. The van der Waals surface area contributed by atoms with E-state index in [9.17, 15) is 9.59 Å². The van der Waals surface area contributed by atoms with E-state index in [1.54, 1.807) is 0 Å². The Kier molecular flexibility index (Phi) is 3.13. The maximum absolute atomic E-state index is 11.1. The molecule has 0 aliphatic heterocycles. The van der Waals surface area contributed by atoms with E-state index in [0.717, 1.165) is 43.4 Å². The molecule has 2 N–H and O–H groups in total. The molecule has 4 aromatic rings. The molecule has 0 heterocycles. The summed E-state index contributed by atoms with van der Waals surface area (Å²) in [7, 11) is 0. The van der Waals surface area contributed by atoms with Crippen LogP contribution >= 0.6 is 0 Å². The first-order chi connectivity index (χ1) is 11.5. The molecule has 0 atom stereocenters. The molecule has 0 spiro atoms. The van der Waals surface area contributed by atoms with E-state index in [1.165, 1.54) is 0 Å². The van der Waals surface area contributed by atoms with Gasteiger partial charge >= 0.3 is 11.9 Å². The number of aliphatic carboxylic acids is 2. The lowest BCUT2D eigenvalue weighted by Crippen LogP contribution is -2.02.